The Balaban J connectivity index is 1.43. The van der Waals surface area contributed by atoms with Gasteiger partial charge in [0.2, 0.25) is 11.9 Å². The van der Waals surface area contributed by atoms with Gasteiger partial charge in [-0.25, -0.2) is 0 Å². The fourth-order valence-electron chi connectivity index (χ4n) is 4.45. The lowest BCUT2D eigenvalue weighted by molar-refractivity contribution is 0.0615. The Morgan fingerprint density at radius 2 is 1.90 bits per heavy atom. The second-order valence-electron chi connectivity index (χ2n) is 7.79. The van der Waals surface area contributed by atoms with Gasteiger partial charge in [-0.15, -0.1) is 14.5 Å². The van der Waals surface area contributed by atoms with Crippen LogP contribution >= 0.6 is 11.6 Å². The number of piperazine rings is 1. The van der Waals surface area contributed by atoms with Gasteiger partial charge >= 0.3 is 0 Å². The molecule has 1 aromatic carbocycles. The van der Waals surface area contributed by atoms with E-state index in [4.69, 9.17) is 17.3 Å². The molecule has 2 saturated heterocycles. The zero-order valence-corrected chi connectivity index (χ0v) is 18.2. The second kappa shape index (κ2) is 9.09. The highest BCUT2D eigenvalue weighted by molar-refractivity contribution is 7.88. The number of piperidine rings is 1. The van der Waals surface area contributed by atoms with Gasteiger partial charge in [-0.3, -0.25) is 9.88 Å². The lowest BCUT2D eigenvalue weighted by Gasteiger charge is -2.46. The maximum absolute atomic E-state index is 12.1. The van der Waals surface area contributed by atoms with Crippen LogP contribution in [0.15, 0.2) is 24.3 Å². The highest BCUT2D eigenvalue weighted by Crippen LogP contribution is 2.26. The molecule has 1 aromatic heterocycles. The van der Waals surface area contributed by atoms with E-state index >= 15 is 0 Å². The van der Waals surface area contributed by atoms with Crippen LogP contribution in [-0.4, -0.2) is 80.0 Å². The first kappa shape index (κ1) is 20.7. The van der Waals surface area contributed by atoms with Crippen molar-refractivity contribution in [3.05, 3.63) is 34.9 Å². The van der Waals surface area contributed by atoms with Crippen molar-refractivity contribution in [2.75, 3.05) is 49.6 Å². The van der Waals surface area contributed by atoms with Crippen LogP contribution in [-0.2, 0) is 17.8 Å². The van der Waals surface area contributed by atoms with Crippen LogP contribution < -0.4 is 10.6 Å². The van der Waals surface area contributed by atoms with Crippen molar-refractivity contribution in [1.29, 1.82) is 0 Å². The van der Waals surface area contributed by atoms with Crippen LogP contribution in [0, 0.1) is 0 Å². The highest BCUT2D eigenvalue weighted by atomic mass is 35.5. The Bertz CT molecular complexity index is 794. The molecule has 1 unspecified atom stereocenters. The number of aromatic amines is 1. The molecule has 0 saturated carbocycles. The number of nitrogens with one attached hydrogen (secondary N) is 1. The SMILES string of the molecule is C[S+]([O-])N1CCN(C2CCN(c3nnc(N)[nH]3)CC2)[C@@H](Cc2ccc(Cl)cc2)C1. The fraction of sp³-hybridized carbons (Fsp3) is 0.579. The number of nitrogens with two attached hydrogens (primary N) is 1. The maximum atomic E-state index is 12.1. The zero-order chi connectivity index (χ0) is 20.4. The summed E-state index contributed by atoms with van der Waals surface area (Å²) in [5.74, 6) is 1.11. The molecular formula is C19H28ClN7OS. The van der Waals surface area contributed by atoms with Gasteiger partial charge in [-0.2, -0.15) is 0 Å². The first-order chi connectivity index (χ1) is 14.0. The van der Waals surface area contributed by atoms with Gasteiger partial charge in [0.05, 0.1) is 13.1 Å². The summed E-state index contributed by atoms with van der Waals surface area (Å²) in [6.45, 7) is 4.46. The van der Waals surface area contributed by atoms with Crippen LogP contribution in [0.5, 0.6) is 0 Å². The van der Waals surface area contributed by atoms with Gasteiger partial charge in [0.1, 0.15) is 6.26 Å². The van der Waals surface area contributed by atoms with E-state index < -0.39 is 11.4 Å². The Kier molecular flexibility index (Phi) is 6.50. The van der Waals surface area contributed by atoms with Gasteiger partial charge in [0.25, 0.3) is 0 Å². The summed E-state index contributed by atoms with van der Waals surface area (Å²) in [7, 11) is 0. The molecule has 0 amide bonds. The van der Waals surface area contributed by atoms with E-state index in [1.165, 1.54) is 5.56 Å². The number of rotatable bonds is 5. The van der Waals surface area contributed by atoms with Crippen molar-refractivity contribution in [2.24, 2.45) is 0 Å². The minimum absolute atomic E-state index is 0.339. The number of hydrogen-bond acceptors (Lipinski definition) is 7. The molecule has 4 rings (SSSR count). The summed E-state index contributed by atoms with van der Waals surface area (Å²) < 4.78 is 14.2. The molecule has 10 heteroatoms. The standard InChI is InChI=1S/C19H28ClN7OS/c1-29(28)26-10-11-27(17(13-26)12-14-2-4-15(20)5-3-14)16-6-8-25(9-7-16)19-22-18(21)23-24-19/h2-5,16-17H,6-13H2,1H3,(H3,21,22,23,24)/t17-,29?/m0/s1. The molecule has 0 bridgehead atoms. The van der Waals surface area contributed by atoms with Gasteiger partial charge < -0.3 is 15.2 Å². The molecule has 3 heterocycles. The van der Waals surface area contributed by atoms with Crippen LogP contribution in [0.25, 0.3) is 0 Å². The fourth-order valence-corrected chi connectivity index (χ4v) is 5.29. The topological polar surface area (TPSA) is 100 Å². The Morgan fingerprint density at radius 1 is 1.17 bits per heavy atom. The number of aromatic nitrogens is 3. The first-order valence-electron chi connectivity index (χ1n) is 10.0. The number of benzene rings is 1. The predicted molar refractivity (Wildman–Crippen MR) is 117 cm³/mol. The Hall–Kier alpha value is -1.52. The third kappa shape index (κ3) is 4.97. The summed E-state index contributed by atoms with van der Waals surface area (Å²) in [6, 6.07) is 8.93. The first-order valence-corrected chi connectivity index (χ1v) is 11.9. The molecule has 0 radical (unpaired) electrons. The van der Waals surface area contributed by atoms with Crippen LogP contribution in [0.3, 0.4) is 0 Å². The number of hydrogen-bond donors (Lipinski definition) is 2. The Morgan fingerprint density at radius 3 is 2.52 bits per heavy atom. The van der Waals surface area contributed by atoms with Gasteiger partial charge in [-0.05, 0) is 37.0 Å². The van der Waals surface area contributed by atoms with E-state index in [-0.39, 0.29) is 0 Å². The summed E-state index contributed by atoms with van der Waals surface area (Å²) in [6.07, 6.45) is 4.83. The minimum atomic E-state index is -0.936. The van der Waals surface area contributed by atoms with E-state index in [2.05, 4.69) is 41.4 Å². The van der Waals surface area contributed by atoms with Gasteiger partial charge in [0.15, 0.2) is 0 Å². The van der Waals surface area contributed by atoms with Crippen molar-refractivity contribution in [3.8, 4) is 0 Å². The average molecular weight is 438 g/mol. The summed E-state index contributed by atoms with van der Waals surface area (Å²) >= 11 is 5.12. The normalized spacial score (nSPS) is 23.4. The molecule has 0 aliphatic carbocycles. The van der Waals surface area contributed by atoms with Crippen LogP contribution in [0.2, 0.25) is 5.02 Å². The summed E-state index contributed by atoms with van der Waals surface area (Å²) in [4.78, 5) is 7.86. The zero-order valence-electron chi connectivity index (χ0n) is 16.6. The number of nitrogen functional groups attached to an aromatic ring is 1. The molecule has 0 spiro atoms. The maximum Gasteiger partial charge on any atom is 0.226 e. The largest absolute Gasteiger partial charge is 0.598 e. The molecule has 158 valence electrons. The van der Waals surface area contributed by atoms with Crippen molar-refractivity contribution in [2.45, 2.75) is 31.3 Å². The summed E-state index contributed by atoms with van der Waals surface area (Å²) in [5.41, 5.74) is 6.93. The second-order valence-corrected chi connectivity index (χ2v) is 9.59. The molecular weight excluding hydrogens is 410 g/mol. The quantitative estimate of drug-likeness (QED) is 0.684. The highest BCUT2D eigenvalue weighted by Gasteiger charge is 2.36. The predicted octanol–water partition coefficient (Wildman–Crippen LogP) is 1.53. The van der Waals surface area contributed by atoms with Crippen molar-refractivity contribution in [3.63, 3.8) is 0 Å². The van der Waals surface area contributed by atoms with E-state index in [0.717, 1.165) is 63.0 Å². The lowest BCUT2D eigenvalue weighted by atomic mass is 9.96. The van der Waals surface area contributed by atoms with Crippen LogP contribution in [0.1, 0.15) is 18.4 Å². The molecule has 2 atom stereocenters. The van der Waals surface area contributed by atoms with E-state index in [1.807, 2.05) is 12.1 Å². The number of anilines is 2. The number of H-pyrrole nitrogens is 1. The number of nitrogens with zero attached hydrogens (tertiary/aromatic N) is 5. The third-order valence-electron chi connectivity index (χ3n) is 5.96. The van der Waals surface area contributed by atoms with Gasteiger partial charge in [-0.1, -0.05) is 23.7 Å². The molecule has 2 aliphatic rings. The Labute approximate surface area is 179 Å². The molecule has 8 nitrogen and oxygen atoms in total. The summed E-state index contributed by atoms with van der Waals surface area (Å²) in [5, 5.41) is 8.74. The smallest absolute Gasteiger partial charge is 0.226 e. The molecule has 3 N–H and O–H groups in total. The average Bonchev–Trinajstić information content (AvgIpc) is 3.16. The molecule has 2 fully saturated rings. The van der Waals surface area contributed by atoms with Crippen molar-refractivity contribution in [1.82, 2.24) is 24.4 Å². The molecule has 2 aliphatic heterocycles. The van der Waals surface area contributed by atoms with Crippen molar-refractivity contribution < 1.29 is 4.55 Å². The van der Waals surface area contributed by atoms with Gasteiger partial charge in [0, 0.05) is 48.1 Å². The molecule has 2 aromatic rings. The lowest BCUT2D eigenvalue weighted by Crippen LogP contribution is -2.60. The van der Waals surface area contributed by atoms with E-state index in [9.17, 15) is 4.55 Å². The third-order valence-corrected chi connectivity index (χ3v) is 7.28. The monoisotopic (exact) mass is 437 g/mol. The van der Waals surface area contributed by atoms with Crippen LogP contribution in [0.4, 0.5) is 11.9 Å². The number of halogens is 1. The van der Waals surface area contributed by atoms with Crippen molar-refractivity contribution >= 4 is 34.9 Å². The molecule has 29 heavy (non-hydrogen) atoms. The van der Waals surface area contributed by atoms with E-state index in [1.54, 1.807) is 6.26 Å². The van der Waals surface area contributed by atoms with E-state index in [0.29, 0.717) is 18.0 Å². The minimum Gasteiger partial charge on any atom is -0.598 e.